The number of rotatable bonds is 6. The SMILES string of the molecule is COc1cc(CNC(C)(C)C)ccc1OCCO.Cl. The van der Waals surface area contributed by atoms with Gasteiger partial charge in [-0.15, -0.1) is 12.4 Å². The highest BCUT2D eigenvalue weighted by Gasteiger charge is 2.10. The molecule has 0 radical (unpaired) electrons. The summed E-state index contributed by atoms with van der Waals surface area (Å²) in [5.74, 6) is 1.35. The molecule has 0 atom stereocenters. The first-order valence-corrected chi connectivity index (χ1v) is 6.12. The van der Waals surface area contributed by atoms with Gasteiger partial charge in [0.1, 0.15) is 6.61 Å². The molecule has 1 aromatic carbocycles. The van der Waals surface area contributed by atoms with Crippen LogP contribution in [0.5, 0.6) is 11.5 Å². The predicted molar refractivity (Wildman–Crippen MR) is 79.4 cm³/mol. The quantitative estimate of drug-likeness (QED) is 0.844. The summed E-state index contributed by atoms with van der Waals surface area (Å²) in [7, 11) is 1.61. The lowest BCUT2D eigenvalue weighted by atomic mass is 10.1. The van der Waals surface area contributed by atoms with E-state index in [0.29, 0.717) is 11.5 Å². The number of methoxy groups -OCH3 is 1. The lowest BCUT2D eigenvalue weighted by molar-refractivity contribution is 0.196. The second-order valence-corrected chi connectivity index (χ2v) is 5.16. The molecular weight excluding hydrogens is 266 g/mol. The first-order valence-electron chi connectivity index (χ1n) is 6.12. The Labute approximate surface area is 121 Å². The van der Waals surface area contributed by atoms with Crippen LogP contribution in [0.15, 0.2) is 18.2 Å². The summed E-state index contributed by atoms with van der Waals surface area (Å²) < 4.78 is 10.7. The van der Waals surface area contributed by atoms with Crippen LogP contribution in [0, 0.1) is 0 Å². The van der Waals surface area contributed by atoms with Crippen molar-refractivity contribution in [3.05, 3.63) is 23.8 Å². The summed E-state index contributed by atoms with van der Waals surface area (Å²) in [5.41, 5.74) is 1.22. The Morgan fingerprint density at radius 3 is 2.42 bits per heavy atom. The first kappa shape index (κ1) is 18.0. The van der Waals surface area contributed by atoms with E-state index >= 15 is 0 Å². The number of halogens is 1. The third-order valence-corrected chi connectivity index (χ3v) is 2.40. The van der Waals surface area contributed by atoms with Crippen molar-refractivity contribution < 1.29 is 14.6 Å². The maximum absolute atomic E-state index is 8.74. The van der Waals surface area contributed by atoms with Crippen LogP contribution < -0.4 is 14.8 Å². The van der Waals surface area contributed by atoms with Gasteiger partial charge in [-0.2, -0.15) is 0 Å². The maximum Gasteiger partial charge on any atom is 0.161 e. The summed E-state index contributed by atoms with van der Waals surface area (Å²) in [6.07, 6.45) is 0. The van der Waals surface area contributed by atoms with Crippen LogP contribution in [0.3, 0.4) is 0 Å². The van der Waals surface area contributed by atoms with Crippen molar-refractivity contribution in [2.45, 2.75) is 32.9 Å². The van der Waals surface area contributed by atoms with Crippen LogP contribution in [0.1, 0.15) is 26.3 Å². The topological polar surface area (TPSA) is 50.7 Å². The highest BCUT2D eigenvalue weighted by Crippen LogP contribution is 2.28. The minimum absolute atomic E-state index is 0. The standard InChI is InChI=1S/C14H23NO3.ClH/c1-14(2,3)15-10-11-5-6-12(18-8-7-16)13(9-11)17-4;/h5-6,9,15-16H,7-8,10H2,1-4H3;1H. The third kappa shape index (κ3) is 6.66. The molecule has 0 aliphatic heterocycles. The van der Waals surface area contributed by atoms with E-state index in [2.05, 4.69) is 26.1 Å². The normalized spacial score (nSPS) is 10.8. The number of ether oxygens (including phenoxy) is 2. The monoisotopic (exact) mass is 289 g/mol. The minimum Gasteiger partial charge on any atom is -0.493 e. The smallest absolute Gasteiger partial charge is 0.161 e. The zero-order valence-corrected chi connectivity index (χ0v) is 12.8. The number of hydrogen-bond donors (Lipinski definition) is 2. The molecule has 1 rings (SSSR count). The van der Waals surface area contributed by atoms with E-state index in [1.54, 1.807) is 7.11 Å². The Kier molecular flexibility index (Phi) is 7.83. The number of nitrogens with one attached hydrogen (secondary N) is 1. The van der Waals surface area contributed by atoms with Gasteiger partial charge in [-0.1, -0.05) is 6.07 Å². The molecule has 0 aromatic heterocycles. The van der Waals surface area contributed by atoms with Gasteiger partial charge in [0.15, 0.2) is 11.5 Å². The highest BCUT2D eigenvalue weighted by molar-refractivity contribution is 5.85. The summed E-state index contributed by atoms with van der Waals surface area (Å²) in [6, 6.07) is 5.81. The number of benzene rings is 1. The van der Waals surface area contributed by atoms with Gasteiger partial charge in [-0.05, 0) is 38.5 Å². The Bertz CT molecular complexity index is 377. The summed E-state index contributed by atoms with van der Waals surface area (Å²) in [4.78, 5) is 0. The van der Waals surface area contributed by atoms with Gasteiger partial charge in [0.05, 0.1) is 13.7 Å². The minimum atomic E-state index is -0.00349. The number of aliphatic hydroxyl groups is 1. The van der Waals surface area contributed by atoms with Crippen LogP contribution in [0.4, 0.5) is 0 Å². The zero-order chi connectivity index (χ0) is 13.6. The maximum atomic E-state index is 8.74. The largest absolute Gasteiger partial charge is 0.493 e. The van der Waals surface area contributed by atoms with Gasteiger partial charge in [0.25, 0.3) is 0 Å². The molecule has 0 bridgehead atoms. The van der Waals surface area contributed by atoms with Gasteiger partial charge in [0.2, 0.25) is 0 Å². The van der Waals surface area contributed by atoms with E-state index in [4.69, 9.17) is 14.6 Å². The molecule has 0 saturated carbocycles. The van der Waals surface area contributed by atoms with Gasteiger partial charge in [-0.3, -0.25) is 0 Å². The summed E-state index contributed by atoms with van der Waals surface area (Å²) >= 11 is 0. The average molecular weight is 290 g/mol. The molecular formula is C14H24ClNO3. The molecule has 0 saturated heterocycles. The second-order valence-electron chi connectivity index (χ2n) is 5.16. The second kappa shape index (κ2) is 8.25. The molecule has 5 heteroatoms. The molecule has 4 nitrogen and oxygen atoms in total. The molecule has 0 aliphatic rings. The van der Waals surface area contributed by atoms with Crippen molar-refractivity contribution in [1.82, 2.24) is 5.32 Å². The molecule has 0 unspecified atom stereocenters. The third-order valence-electron chi connectivity index (χ3n) is 2.40. The molecule has 19 heavy (non-hydrogen) atoms. The Morgan fingerprint density at radius 2 is 1.89 bits per heavy atom. The average Bonchev–Trinajstić information content (AvgIpc) is 2.33. The molecule has 110 valence electrons. The summed E-state index contributed by atoms with van der Waals surface area (Å²) in [6.45, 7) is 7.43. The molecule has 0 spiro atoms. The lowest BCUT2D eigenvalue weighted by Crippen LogP contribution is -2.35. The Balaban J connectivity index is 0.00000324. The van der Waals surface area contributed by atoms with Crippen molar-refractivity contribution in [2.24, 2.45) is 0 Å². The molecule has 0 heterocycles. The van der Waals surface area contributed by atoms with E-state index in [1.165, 1.54) is 0 Å². The Hall–Kier alpha value is -0.970. The molecule has 0 amide bonds. The van der Waals surface area contributed by atoms with E-state index in [-0.39, 0.29) is 31.2 Å². The lowest BCUT2D eigenvalue weighted by Gasteiger charge is -2.21. The van der Waals surface area contributed by atoms with Crippen molar-refractivity contribution in [3.63, 3.8) is 0 Å². The molecule has 2 N–H and O–H groups in total. The van der Waals surface area contributed by atoms with Crippen LogP contribution in [0.25, 0.3) is 0 Å². The van der Waals surface area contributed by atoms with Gasteiger partial charge >= 0.3 is 0 Å². The van der Waals surface area contributed by atoms with Crippen molar-refractivity contribution >= 4 is 12.4 Å². The van der Waals surface area contributed by atoms with Crippen LogP contribution in [-0.4, -0.2) is 31.0 Å². The highest BCUT2D eigenvalue weighted by atomic mass is 35.5. The van der Waals surface area contributed by atoms with Crippen LogP contribution >= 0.6 is 12.4 Å². The fraction of sp³-hybridized carbons (Fsp3) is 0.571. The van der Waals surface area contributed by atoms with E-state index in [9.17, 15) is 0 Å². The Morgan fingerprint density at radius 1 is 1.21 bits per heavy atom. The van der Waals surface area contributed by atoms with Gasteiger partial charge < -0.3 is 19.9 Å². The first-order chi connectivity index (χ1) is 8.46. The van der Waals surface area contributed by atoms with Crippen LogP contribution in [-0.2, 0) is 6.54 Å². The van der Waals surface area contributed by atoms with Crippen LogP contribution in [0.2, 0.25) is 0 Å². The number of hydrogen-bond acceptors (Lipinski definition) is 4. The zero-order valence-electron chi connectivity index (χ0n) is 12.0. The van der Waals surface area contributed by atoms with Gasteiger partial charge in [-0.25, -0.2) is 0 Å². The molecule has 0 aliphatic carbocycles. The van der Waals surface area contributed by atoms with E-state index < -0.39 is 0 Å². The van der Waals surface area contributed by atoms with Crippen molar-refractivity contribution in [1.29, 1.82) is 0 Å². The predicted octanol–water partition coefficient (Wildman–Crippen LogP) is 2.38. The summed E-state index contributed by atoms with van der Waals surface area (Å²) in [5, 5.41) is 12.2. The molecule has 1 aromatic rings. The molecule has 0 fully saturated rings. The van der Waals surface area contributed by atoms with Crippen molar-refractivity contribution in [2.75, 3.05) is 20.3 Å². The van der Waals surface area contributed by atoms with E-state index in [1.807, 2.05) is 18.2 Å². The van der Waals surface area contributed by atoms with Crippen molar-refractivity contribution in [3.8, 4) is 11.5 Å². The fourth-order valence-electron chi connectivity index (χ4n) is 1.46. The van der Waals surface area contributed by atoms with E-state index in [0.717, 1.165) is 12.1 Å². The fourth-order valence-corrected chi connectivity index (χ4v) is 1.46. The van der Waals surface area contributed by atoms with Gasteiger partial charge in [0, 0.05) is 12.1 Å². The number of aliphatic hydroxyl groups excluding tert-OH is 1.